The second kappa shape index (κ2) is 11.1. The maximum Gasteiger partial charge on any atom is 0.243 e. The number of sulfonamides is 1. The molecule has 2 unspecified atom stereocenters. The number of pyridine rings is 1. The number of hydrogen-bond acceptors (Lipinski definition) is 4. The summed E-state index contributed by atoms with van der Waals surface area (Å²) in [6, 6.07) is 23.3. The predicted octanol–water partition coefficient (Wildman–Crippen LogP) is 6.12. The molecule has 1 aliphatic rings. The lowest BCUT2D eigenvalue weighted by Crippen LogP contribution is -2.30. The lowest BCUT2D eigenvalue weighted by Gasteiger charge is -2.23. The van der Waals surface area contributed by atoms with Gasteiger partial charge in [0.15, 0.2) is 0 Å². The highest BCUT2D eigenvalue weighted by Gasteiger charge is 2.43. The van der Waals surface area contributed by atoms with Gasteiger partial charge in [0.05, 0.1) is 4.90 Å². The molecule has 5 rings (SSSR count). The molecular formula is C29H25BrFN3O3S. The van der Waals surface area contributed by atoms with Crippen molar-refractivity contribution in [1.82, 2.24) is 9.29 Å². The number of nitrogens with zero attached hydrogens (tertiary/aromatic N) is 2. The van der Waals surface area contributed by atoms with Crippen LogP contribution in [0.25, 0.3) is 0 Å². The Hall–Kier alpha value is -3.40. The van der Waals surface area contributed by atoms with Gasteiger partial charge in [-0.15, -0.1) is 0 Å². The van der Waals surface area contributed by atoms with Crippen molar-refractivity contribution in [3.8, 4) is 0 Å². The Morgan fingerprint density at radius 3 is 2.32 bits per heavy atom. The maximum absolute atomic E-state index is 13.7. The number of carbonyl (C=O) groups excluding carboxylic acids is 1. The highest BCUT2D eigenvalue weighted by Crippen LogP contribution is 2.47. The molecule has 2 atom stereocenters. The molecule has 6 nitrogen and oxygen atoms in total. The van der Waals surface area contributed by atoms with Crippen LogP contribution in [0.5, 0.6) is 0 Å². The third-order valence-electron chi connectivity index (χ3n) is 6.54. The van der Waals surface area contributed by atoms with Gasteiger partial charge in [-0.05, 0) is 89.7 Å². The molecule has 1 aliphatic carbocycles. The number of benzene rings is 3. The maximum atomic E-state index is 13.7. The molecule has 9 heteroatoms. The van der Waals surface area contributed by atoms with Crippen LogP contribution in [0.2, 0.25) is 0 Å². The van der Waals surface area contributed by atoms with Gasteiger partial charge in [0, 0.05) is 41.6 Å². The van der Waals surface area contributed by atoms with Crippen molar-refractivity contribution < 1.29 is 17.6 Å². The summed E-state index contributed by atoms with van der Waals surface area (Å²) in [6.07, 6.45) is 4.21. The number of hydrogen-bond donors (Lipinski definition) is 1. The monoisotopic (exact) mass is 593 g/mol. The summed E-state index contributed by atoms with van der Waals surface area (Å²) < 4.78 is 43.0. The smallest absolute Gasteiger partial charge is 0.243 e. The predicted molar refractivity (Wildman–Crippen MR) is 147 cm³/mol. The van der Waals surface area contributed by atoms with Crippen LogP contribution in [0.3, 0.4) is 0 Å². The number of carbonyl (C=O) groups is 1. The Kier molecular flexibility index (Phi) is 7.69. The Morgan fingerprint density at radius 2 is 1.63 bits per heavy atom. The molecule has 1 amide bonds. The molecule has 1 fully saturated rings. The normalized spacial score (nSPS) is 16.8. The zero-order valence-corrected chi connectivity index (χ0v) is 22.7. The van der Waals surface area contributed by atoms with Crippen LogP contribution in [0.4, 0.5) is 10.1 Å². The molecule has 0 spiro atoms. The summed E-state index contributed by atoms with van der Waals surface area (Å²) in [5, 5.41) is 2.90. The average molecular weight is 595 g/mol. The zero-order valence-electron chi connectivity index (χ0n) is 20.3. The van der Waals surface area contributed by atoms with Crippen LogP contribution in [0.1, 0.15) is 29.0 Å². The van der Waals surface area contributed by atoms with E-state index in [2.05, 4.69) is 26.2 Å². The van der Waals surface area contributed by atoms with E-state index in [1.807, 2.05) is 36.4 Å². The second-order valence-corrected chi connectivity index (χ2v) is 12.1. The number of rotatable bonds is 9. The molecule has 4 aromatic rings. The lowest BCUT2D eigenvalue weighted by atomic mass is 10.1. The Balaban J connectivity index is 1.32. The standard InChI is InChI=1S/C29H25BrFN3O3S/c30-23-3-1-2-21(16-23)19-34(18-20-4-6-24(31)7-5-20)38(36,37)26-10-8-25(9-11-26)33-29(35)28-17-27(28)22-12-14-32-15-13-22/h1-16,27-28H,17-19H2,(H,33,35). The number of anilines is 1. The van der Waals surface area contributed by atoms with Crippen molar-refractivity contribution in [1.29, 1.82) is 0 Å². The van der Waals surface area contributed by atoms with Gasteiger partial charge in [-0.1, -0.05) is 40.2 Å². The van der Waals surface area contributed by atoms with Crippen molar-refractivity contribution in [2.24, 2.45) is 5.92 Å². The van der Waals surface area contributed by atoms with Gasteiger partial charge in [-0.2, -0.15) is 4.31 Å². The van der Waals surface area contributed by atoms with E-state index in [9.17, 15) is 17.6 Å². The summed E-state index contributed by atoms with van der Waals surface area (Å²) in [4.78, 5) is 16.8. The number of aromatic nitrogens is 1. The van der Waals surface area contributed by atoms with Gasteiger partial charge in [0.2, 0.25) is 15.9 Å². The fourth-order valence-electron chi connectivity index (χ4n) is 4.42. The Labute approximate surface area is 229 Å². The van der Waals surface area contributed by atoms with Gasteiger partial charge in [-0.3, -0.25) is 9.78 Å². The van der Waals surface area contributed by atoms with Crippen molar-refractivity contribution in [2.75, 3.05) is 5.32 Å². The molecule has 0 aliphatic heterocycles. The number of amides is 1. The lowest BCUT2D eigenvalue weighted by molar-refractivity contribution is -0.117. The van der Waals surface area contributed by atoms with Gasteiger partial charge in [-0.25, -0.2) is 12.8 Å². The van der Waals surface area contributed by atoms with Crippen LogP contribution in [0, 0.1) is 11.7 Å². The van der Waals surface area contributed by atoms with Crippen molar-refractivity contribution >= 4 is 37.5 Å². The first kappa shape index (κ1) is 26.2. The highest BCUT2D eigenvalue weighted by molar-refractivity contribution is 9.10. The number of halogens is 2. The molecule has 0 radical (unpaired) electrons. The molecule has 1 aromatic heterocycles. The first-order valence-electron chi connectivity index (χ1n) is 12.1. The Bertz CT molecular complexity index is 1530. The van der Waals surface area contributed by atoms with Crippen LogP contribution >= 0.6 is 15.9 Å². The summed E-state index contributed by atoms with van der Waals surface area (Å²) in [7, 11) is -3.91. The SMILES string of the molecule is O=C(Nc1ccc(S(=O)(=O)N(Cc2ccc(F)cc2)Cc2cccc(Br)c2)cc1)C1CC1c1ccncc1. The molecule has 3 aromatic carbocycles. The fourth-order valence-corrected chi connectivity index (χ4v) is 6.28. The molecule has 0 saturated heterocycles. The van der Waals surface area contributed by atoms with Gasteiger partial charge < -0.3 is 5.32 Å². The van der Waals surface area contributed by atoms with Crippen molar-refractivity contribution in [3.05, 3.63) is 124 Å². The second-order valence-electron chi connectivity index (χ2n) is 9.27. The van der Waals surface area contributed by atoms with Gasteiger partial charge in [0.1, 0.15) is 5.82 Å². The average Bonchev–Trinajstić information content (AvgIpc) is 3.72. The van der Waals surface area contributed by atoms with Crippen LogP contribution in [-0.4, -0.2) is 23.6 Å². The largest absolute Gasteiger partial charge is 0.326 e. The van der Waals surface area contributed by atoms with Gasteiger partial charge in [0.25, 0.3) is 0 Å². The zero-order chi connectivity index (χ0) is 26.7. The first-order valence-corrected chi connectivity index (χ1v) is 14.3. The van der Waals surface area contributed by atoms with E-state index in [0.29, 0.717) is 11.3 Å². The molecule has 0 bridgehead atoms. The van der Waals surface area contributed by atoms with E-state index in [-0.39, 0.29) is 41.5 Å². The van der Waals surface area contributed by atoms with E-state index < -0.39 is 10.0 Å². The van der Waals surface area contributed by atoms with Crippen LogP contribution in [0.15, 0.2) is 107 Å². The van der Waals surface area contributed by atoms with Gasteiger partial charge >= 0.3 is 0 Å². The van der Waals surface area contributed by atoms with E-state index in [0.717, 1.165) is 22.0 Å². The van der Waals surface area contributed by atoms with Crippen molar-refractivity contribution in [3.63, 3.8) is 0 Å². The molecule has 1 N–H and O–H groups in total. The third kappa shape index (κ3) is 6.18. The molecule has 194 valence electrons. The quantitative estimate of drug-likeness (QED) is 0.254. The van der Waals surface area contributed by atoms with Crippen LogP contribution < -0.4 is 5.32 Å². The van der Waals surface area contributed by atoms with E-state index in [1.54, 1.807) is 36.7 Å². The number of nitrogens with one attached hydrogen (secondary N) is 1. The molecular weight excluding hydrogens is 569 g/mol. The first-order chi connectivity index (χ1) is 18.3. The summed E-state index contributed by atoms with van der Waals surface area (Å²) in [5.74, 6) is -0.408. The van der Waals surface area contributed by atoms with E-state index >= 15 is 0 Å². The minimum atomic E-state index is -3.91. The summed E-state index contributed by atoms with van der Waals surface area (Å²) >= 11 is 3.43. The summed E-state index contributed by atoms with van der Waals surface area (Å²) in [5.41, 5.74) is 3.10. The highest BCUT2D eigenvalue weighted by atomic mass is 79.9. The van der Waals surface area contributed by atoms with Crippen molar-refractivity contribution in [2.45, 2.75) is 30.3 Å². The topological polar surface area (TPSA) is 79.4 Å². The molecule has 38 heavy (non-hydrogen) atoms. The third-order valence-corrected chi connectivity index (χ3v) is 8.84. The Morgan fingerprint density at radius 1 is 0.947 bits per heavy atom. The van der Waals surface area contributed by atoms with Crippen LogP contribution in [-0.2, 0) is 27.9 Å². The minimum absolute atomic E-state index is 0.0751. The molecule has 1 heterocycles. The van der Waals surface area contributed by atoms with E-state index in [1.165, 1.54) is 28.6 Å². The minimum Gasteiger partial charge on any atom is -0.326 e. The molecule has 1 saturated carbocycles. The van der Waals surface area contributed by atoms with E-state index in [4.69, 9.17) is 0 Å². The fraction of sp³-hybridized carbons (Fsp3) is 0.172. The summed E-state index contributed by atoms with van der Waals surface area (Å²) in [6.45, 7) is 0.210.